The second-order valence-electron chi connectivity index (χ2n) is 4.74. The Kier molecular flexibility index (Phi) is 3.47. The zero-order valence-electron chi connectivity index (χ0n) is 10.8. The minimum Gasteiger partial charge on any atom is -0.495 e. The van der Waals surface area contributed by atoms with Gasteiger partial charge in [0.05, 0.1) is 18.8 Å². The van der Waals surface area contributed by atoms with Gasteiger partial charge in [-0.2, -0.15) is 0 Å². The van der Waals surface area contributed by atoms with Crippen molar-refractivity contribution >= 4 is 21.6 Å². The number of fused-ring (bicyclic) bond motifs is 1. The molecule has 1 atom stereocenters. The Balaban J connectivity index is 1.89. The molecule has 0 aliphatic heterocycles. The van der Waals surface area contributed by atoms with E-state index in [-0.39, 0.29) is 0 Å². The first-order valence-electron chi connectivity index (χ1n) is 6.46. The zero-order chi connectivity index (χ0) is 13.2. The molecule has 0 heterocycles. The van der Waals surface area contributed by atoms with E-state index >= 15 is 0 Å². The summed E-state index contributed by atoms with van der Waals surface area (Å²) in [5.41, 5.74) is 3.87. The summed E-state index contributed by atoms with van der Waals surface area (Å²) in [5, 5.41) is 3.60. The number of benzene rings is 2. The Morgan fingerprint density at radius 3 is 2.84 bits per heavy atom. The first kappa shape index (κ1) is 12.5. The van der Waals surface area contributed by atoms with Crippen molar-refractivity contribution in [2.45, 2.75) is 18.9 Å². The molecule has 1 aliphatic rings. The van der Waals surface area contributed by atoms with E-state index in [1.165, 1.54) is 15.6 Å². The van der Waals surface area contributed by atoms with Gasteiger partial charge in [-0.25, -0.2) is 0 Å². The van der Waals surface area contributed by atoms with Crippen LogP contribution in [-0.4, -0.2) is 7.11 Å². The SMILES string of the molecule is COc1ccccc1NC1CCc2c(Br)cccc21. The molecule has 1 aliphatic carbocycles. The number of para-hydroxylation sites is 2. The van der Waals surface area contributed by atoms with Gasteiger partial charge in [-0.1, -0.05) is 40.2 Å². The second-order valence-corrected chi connectivity index (χ2v) is 5.60. The summed E-state index contributed by atoms with van der Waals surface area (Å²) in [6.07, 6.45) is 2.24. The number of anilines is 1. The Labute approximate surface area is 121 Å². The molecule has 0 saturated carbocycles. The van der Waals surface area contributed by atoms with Gasteiger partial charge >= 0.3 is 0 Å². The van der Waals surface area contributed by atoms with Crippen molar-refractivity contribution in [2.24, 2.45) is 0 Å². The molecule has 1 N–H and O–H groups in total. The predicted molar refractivity (Wildman–Crippen MR) is 81.8 cm³/mol. The van der Waals surface area contributed by atoms with Crippen molar-refractivity contribution in [3.05, 3.63) is 58.1 Å². The molecule has 2 aromatic rings. The van der Waals surface area contributed by atoms with Crippen LogP contribution in [0.4, 0.5) is 5.69 Å². The topological polar surface area (TPSA) is 21.3 Å². The van der Waals surface area contributed by atoms with Gasteiger partial charge in [-0.3, -0.25) is 0 Å². The Bertz CT molecular complexity index is 597. The minimum atomic E-state index is 0.365. The summed E-state index contributed by atoms with van der Waals surface area (Å²) in [5.74, 6) is 0.894. The third-order valence-corrected chi connectivity index (χ3v) is 4.39. The molecule has 0 amide bonds. The van der Waals surface area contributed by atoms with Crippen molar-refractivity contribution in [1.29, 1.82) is 0 Å². The molecule has 0 radical (unpaired) electrons. The maximum absolute atomic E-state index is 5.40. The fourth-order valence-electron chi connectivity index (χ4n) is 2.71. The average molecular weight is 318 g/mol. The molecule has 0 aromatic heterocycles. The van der Waals surface area contributed by atoms with Gasteiger partial charge in [0.15, 0.2) is 0 Å². The summed E-state index contributed by atoms with van der Waals surface area (Å²) in [4.78, 5) is 0. The Morgan fingerprint density at radius 1 is 1.16 bits per heavy atom. The molecule has 3 rings (SSSR count). The van der Waals surface area contributed by atoms with E-state index < -0.39 is 0 Å². The van der Waals surface area contributed by atoms with Gasteiger partial charge in [0.25, 0.3) is 0 Å². The maximum atomic E-state index is 5.40. The van der Waals surface area contributed by atoms with Crippen LogP contribution in [0.15, 0.2) is 46.9 Å². The molecule has 0 bridgehead atoms. The highest BCUT2D eigenvalue weighted by atomic mass is 79.9. The minimum absolute atomic E-state index is 0.365. The predicted octanol–water partition coefficient (Wildman–Crippen LogP) is 4.56. The lowest BCUT2D eigenvalue weighted by atomic mass is 10.1. The van der Waals surface area contributed by atoms with Gasteiger partial charge in [0.2, 0.25) is 0 Å². The number of ether oxygens (including phenoxy) is 1. The molecule has 1 unspecified atom stereocenters. The quantitative estimate of drug-likeness (QED) is 0.896. The number of nitrogens with one attached hydrogen (secondary N) is 1. The first-order chi connectivity index (χ1) is 9.29. The highest BCUT2D eigenvalue weighted by molar-refractivity contribution is 9.10. The Morgan fingerprint density at radius 2 is 2.00 bits per heavy atom. The lowest BCUT2D eigenvalue weighted by molar-refractivity contribution is 0.416. The molecule has 98 valence electrons. The maximum Gasteiger partial charge on any atom is 0.141 e. The van der Waals surface area contributed by atoms with E-state index in [2.05, 4.69) is 45.5 Å². The van der Waals surface area contributed by atoms with E-state index in [1.807, 2.05) is 18.2 Å². The van der Waals surface area contributed by atoms with Crippen molar-refractivity contribution in [3.63, 3.8) is 0 Å². The standard InChI is InChI=1S/C16H16BrNO/c1-19-16-8-3-2-7-15(16)18-14-10-9-11-12(14)5-4-6-13(11)17/h2-8,14,18H,9-10H2,1H3. The van der Waals surface area contributed by atoms with Gasteiger partial charge in [0.1, 0.15) is 5.75 Å². The van der Waals surface area contributed by atoms with E-state index in [4.69, 9.17) is 4.74 Å². The zero-order valence-corrected chi connectivity index (χ0v) is 12.4. The van der Waals surface area contributed by atoms with Gasteiger partial charge in [-0.15, -0.1) is 0 Å². The van der Waals surface area contributed by atoms with Crippen molar-refractivity contribution in [1.82, 2.24) is 0 Å². The number of halogens is 1. The van der Waals surface area contributed by atoms with Crippen LogP contribution in [0.5, 0.6) is 5.75 Å². The smallest absolute Gasteiger partial charge is 0.141 e. The molecule has 0 fully saturated rings. The number of methoxy groups -OCH3 is 1. The van der Waals surface area contributed by atoms with E-state index in [1.54, 1.807) is 7.11 Å². The number of hydrogen-bond acceptors (Lipinski definition) is 2. The molecule has 0 spiro atoms. The fraction of sp³-hybridized carbons (Fsp3) is 0.250. The summed E-state index contributed by atoms with van der Waals surface area (Å²) < 4.78 is 6.61. The summed E-state index contributed by atoms with van der Waals surface area (Å²) >= 11 is 3.64. The lowest BCUT2D eigenvalue weighted by Crippen LogP contribution is -2.08. The highest BCUT2D eigenvalue weighted by Crippen LogP contribution is 2.39. The summed E-state index contributed by atoms with van der Waals surface area (Å²) in [6, 6.07) is 14.9. The van der Waals surface area contributed by atoms with E-state index in [9.17, 15) is 0 Å². The van der Waals surface area contributed by atoms with Crippen molar-refractivity contribution < 1.29 is 4.74 Å². The molecule has 3 heteroatoms. The Hall–Kier alpha value is -1.48. The van der Waals surface area contributed by atoms with Crippen LogP contribution in [0, 0.1) is 0 Å². The summed E-state index contributed by atoms with van der Waals surface area (Å²) in [7, 11) is 1.71. The van der Waals surface area contributed by atoms with Crippen molar-refractivity contribution in [3.8, 4) is 5.75 Å². The lowest BCUT2D eigenvalue weighted by Gasteiger charge is -2.17. The fourth-order valence-corrected chi connectivity index (χ4v) is 3.29. The number of rotatable bonds is 3. The van der Waals surface area contributed by atoms with E-state index in [0.717, 1.165) is 24.3 Å². The van der Waals surface area contributed by atoms with Crippen LogP contribution in [0.25, 0.3) is 0 Å². The molecule has 0 saturated heterocycles. The van der Waals surface area contributed by atoms with Gasteiger partial charge in [-0.05, 0) is 42.2 Å². The highest BCUT2D eigenvalue weighted by Gasteiger charge is 2.24. The van der Waals surface area contributed by atoms with Crippen LogP contribution >= 0.6 is 15.9 Å². The van der Waals surface area contributed by atoms with Crippen LogP contribution in [0.3, 0.4) is 0 Å². The van der Waals surface area contributed by atoms with Crippen LogP contribution in [0.2, 0.25) is 0 Å². The normalized spacial score (nSPS) is 17.1. The van der Waals surface area contributed by atoms with Crippen LogP contribution < -0.4 is 10.1 Å². The first-order valence-corrected chi connectivity index (χ1v) is 7.25. The largest absolute Gasteiger partial charge is 0.495 e. The third-order valence-electron chi connectivity index (χ3n) is 3.65. The average Bonchev–Trinajstić information content (AvgIpc) is 2.84. The molecular formula is C16H16BrNO. The van der Waals surface area contributed by atoms with Gasteiger partial charge in [0, 0.05) is 4.47 Å². The summed E-state index contributed by atoms with van der Waals surface area (Å²) in [6.45, 7) is 0. The van der Waals surface area contributed by atoms with Crippen LogP contribution in [0.1, 0.15) is 23.6 Å². The second kappa shape index (κ2) is 5.25. The molecule has 19 heavy (non-hydrogen) atoms. The van der Waals surface area contributed by atoms with Crippen LogP contribution in [-0.2, 0) is 6.42 Å². The molecule has 2 nitrogen and oxygen atoms in total. The number of hydrogen-bond donors (Lipinski definition) is 1. The van der Waals surface area contributed by atoms with Crippen molar-refractivity contribution in [2.75, 3.05) is 12.4 Å². The van der Waals surface area contributed by atoms with E-state index in [0.29, 0.717) is 6.04 Å². The molecular weight excluding hydrogens is 302 g/mol. The van der Waals surface area contributed by atoms with Gasteiger partial charge < -0.3 is 10.1 Å². The third kappa shape index (κ3) is 2.35. The molecule has 2 aromatic carbocycles. The monoisotopic (exact) mass is 317 g/mol.